The lowest BCUT2D eigenvalue weighted by Gasteiger charge is -2.17. The van der Waals surface area contributed by atoms with E-state index in [2.05, 4.69) is 59.7 Å². The monoisotopic (exact) mass is 307 g/mol. The molecule has 0 aliphatic carbocycles. The molecule has 3 nitrogen and oxygen atoms in total. The van der Waals surface area contributed by atoms with Gasteiger partial charge < -0.3 is 5.32 Å². The van der Waals surface area contributed by atoms with Gasteiger partial charge in [0.15, 0.2) is 4.34 Å². The first-order chi connectivity index (χ1) is 9.72. The minimum Gasteiger partial charge on any atom is -0.309 e. The number of rotatable bonds is 7. The number of aromatic nitrogens is 2. The van der Waals surface area contributed by atoms with Gasteiger partial charge in [0.05, 0.1) is 0 Å². The Morgan fingerprint density at radius 1 is 1.35 bits per heavy atom. The highest BCUT2D eigenvalue weighted by molar-refractivity contribution is 8.00. The predicted molar refractivity (Wildman–Crippen MR) is 87.6 cm³/mol. The van der Waals surface area contributed by atoms with Gasteiger partial charge in [0.25, 0.3) is 0 Å². The maximum atomic E-state index is 4.51. The first-order valence-corrected chi connectivity index (χ1v) is 8.74. The van der Waals surface area contributed by atoms with E-state index < -0.39 is 0 Å². The van der Waals surface area contributed by atoms with Crippen molar-refractivity contribution in [3.05, 3.63) is 41.2 Å². The second-order valence-electron chi connectivity index (χ2n) is 4.67. The SMILES string of the molecule is CCNC(CSc1nc(CC)ns1)c1cccc(C)c1. The molecule has 2 rings (SSSR count). The Labute approximate surface area is 129 Å². The van der Waals surface area contributed by atoms with Crippen LogP contribution in [0.1, 0.15) is 36.8 Å². The van der Waals surface area contributed by atoms with Gasteiger partial charge in [-0.1, -0.05) is 55.4 Å². The van der Waals surface area contributed by atoms with Gasteiger partial charge >= 0.3 is 0 Å². The molecule has 1 N–H and O–H groups in total. The van der Waals surface area contributed by atoms with Crippen molar-refractivity contribution in [2.45, 2.75) is 37.6 Å². The molecule has 2 aromatic rings. The number of hydrogen-bond acceptors (Lipinski definition) is 5. The summed E-state index contributed by atoms with van der Waals surface area (Å²) < 4.78 is 5.40. The van der Waals surface area contributed by atoms with E-state index in [-0.39, 0.29) is 0 Å². The summed E-state index contributed by atoms with van der Waals surface area (Å²) in [5, 5.41) is 3.55. The topological polar surface area (TPSA) is 37.8 Å². The molecule has 5 heteroatoms. The largest absolute Gasteiger partial charge is 0.309 e. The molecule has 0 fully saturated rings. The van der Waals surface area contributed by atoms with Crippen LogP contribution in [-0.4, -0.2) is 21.7 Å². The lowest BCUT2D eigenvalue weighted by molar-refractivity contribution is 0.605. The Balaban J connectivity index is 2.02. The van der Waals surface area contributed by atoms with Crippen LogP contribution in [0.25, 0.3) is 0 Å². The molecular weight excluding hydrogens is 286 g/mol. The van der Waals surface area contributed by atoms with Crippen LogP contribution in [0.5, 0.6) is 0 Å². The van der Waals surface area contributed by atoms with Crippen LogP contribution >= 0.6 is 23.3 Å². The third kappa shape index (κ3) is 4.30. The average molecular weight is 307 g/mol. The molecule has 20 heavy (non-hydrogen) atoms. The highest BCUT2D eigenvalue weighted by Gasteiger charge is 2.12. The summed E-state index contributed by atoms with van der Waals surface area (Å²) in [4.78, 5) is 4.51. The Hall–Kier alpha value is -0.910. The number of nitrogens with one attached hydrogen (secondary N) is 1. The highest BCUT2D eigenvalue weighted by Crippen LogP contribution is 2.26. The lowest BCUT2D eigenvalue weighted by atomic mass is 10.1. The van der Waals surface area contributed by atoms with Gasteiger partial charge in [-0.2, -0.15) is 4.37 Å². The van der Waals surface area contributed by atoms with Crippen molar-refractivity contribution in [2.75, 3.05) is 12.3 Å². The minimum absolute atomic E-state index is 0.360. The van der Waals surface area contributed by atoms with Crippen molar-refractivity contribution in [1.29, 1.82) is 0 Å². The van der Waals surface area contributed by atoms with E-state index in [1.54, 1.807) is 11.8 Å². The summed E-state index contributed by atoms with van der Waals surface area (Å²) >= 11 is 3.29. The van der Waals surface area contributed by atoms with Crippen LogP contribution in [0.3, 0.4) is 0 Å². The van der Waals surface area contributed by atoms with Gasteiger partial charge in [0.1, 0.15) is 5.82 Å². The van der Waals surface area contributed by atoms with Crippen LogP contribution in [0.4, 0.5) is 0 Å². The molecule has 1 aromatic carbocycles. The molecule has 0 saturated carbocycles. The normalized spacial score (nSPS) is 12.6. The molecule has 1 aromatic heterocycles. The lowest BCUT2D eigenvalue weighted by Crippen LogP contribution is -2.23. The standard InChI is InChI=1S/C15H21N3S2/c1-4-14-17-15(20-18-14)19-10-13(16-5-2)12-8-6-7-11(3)9-12/h6-9,13,16H,4-5,10H2,1-3H3. The molecule has 0 aliphatic heterocycles. The minimum atomic E-state index is 0.360. The maximum Gasteiger partial charge on any atom is 0.170 e. The summed E-state index contributed by atoms with van der Waals surface area (Å²) in [5.74, 6) is 1.93. The van der Waals surface area contributed by atoms with Crippen molar-refractivity contribution in [3.8, 4) is 0 Å². The molecule has 1 atom stereocenters. The Bertz CT molecular complexity index is 539. The fourth-order valence-corrected chi connectivity index (χ4v) is 3.82. The second-order valence-corrected chi connectivity index (χ2v) is 6.68. The fraction of sp³-hybridized carbons (Fsp3) is 0.467. The Kier molecular flexibility index (Phi) is 6.01. The molecule has 0 amide bonds. The number of hydrogen-bond donors (Lipinski definition) is 1. The van der Waals surface area contributed by atoms with Gasteiger partial charge in [-0.25, -0.2) is 4.98 Å². The molecule has 1 heterocycles. The molecule has 0 saturated heterocycles. The summed E-state index contributed by atoms with van der Waals surface area (Å²) in [5.41, 5.74) is 2.65. The third-order valence-corrected chi connectivity index (χ3v) is 5.00. The van der Waals surface area contributed by atoms with Gasteiger partial charge in [-0.3, -0.25) is 0 Å². The number of benzene rings is 1. The molecule has 1 unspecified atom stereocenters. The molecule has 0 radical (unpaired) electrons. The first-order valence-electron chi connectivity index (χ1n) is 6.98. The summed E-state index contributed by atoms with van der Waals surface area (Å²) in [6.45, 7) is 7.34. The zero-order chi connectivity index (χ0) is 14.4. The van der Waals surface area contributed by atoms with Crippen LogP contribution in [0, 0.1) is 6.92 Å². The quantitative estimate of drug-likeness (QED) is 0.788. The number of nitrogens with zero attached hydrogens (tertiary/aromatic N) is 2. The van der Waals surface area contributed by atoms with Crippen molar-refractivity contribution in [1.82, 2.24) is 14.7 Å². The van der Waals surface area contributed by atoms with E-state index in [0.29, 0.717) is 6.04 Å². The van der Waals surface area contributed by atoms with Gasteiger partial charge in [0.2, 0.25) is 0 Å². The van der Waals surface area contributed by atoms with E-state index in [1.165, 1.54) is 22.7 Å². The van der Waals surface area contributed by atoms with Crippen molar-refractivity contribution in [2.24, 2.45) is 0 Å². The first kappa shape index (κ1) is 15.5. The third-order valence-electron chi connectivity index (χ3n) is 3.03. The average Bonchev–Trinajstić information content (AvgIpc) is 2.91. The number of thioether (sulfide) groups is 1. The zero-order valence-corrected chi connectivity index (χ0v) is 13.9. The second kappa shape index (κ2) is 7.76. The molecule has 108 valence electrons. The summed E-state index contributed by atoms with van der Waals surface area (Å²) in [6, 6.07) is 9.07. The van der Waals surface area contributed by atoms with Crippen LogP contribution in [-0.2, 0) is 6.42 Å². The molecule has 0 spiro atoms. The van der Waals surface area contributed by atoms with Crippen LogP contribution < -0.4 is 5.32 Å². The van der Waals surface area contributed by atoms with Gasteiger partial charge in [0, 0.05) is 18.2 Å². The molecule has 0 bridgehead atoms. The highest BCUT2D eigenvalue weighted by atomic mass is 32.2. The fourth-order valence-electron chi connectivity index (χ4n) is 2.00. The number of aryl methyl sites for hydroxylation is 2. The van der Waals surface area contributed by atoms with E-state index >= 15 is 0 Å². The van der Waals surface area contributed by atoms with Crippen molar-refractivity contribution >= 4 is 23.3 Å². The van der Waals surface area contributed by atoms with Crippen LogP contribution in [0.15, 0.2) is 28.6 Å². The smallest absolute Gasteiger partial charge is 0.170 e. The predicted octanol–water partition coefficient (Wildman–Crippen LogP) is 3.85. The summed E-state index contributed by atoms with van der Waals surface area (Å²) in [6.07, 6.45) is 0.908. The molecule has 0 aliphatic rings. The van der Waals surface area contributed by atoms with E-state index in [4.69, 9.17) is 0 Å². The molecular formula is C15H21N3S2. The van der Waals surface area contributed by atoms with Crippen molar-refractivity contribution in [3.63, 3.8) is 0 Å². The van der Waals surface area contributed by atoms with E-state index in [0.717, 1.165) is 28.9 Å². The van der Waals surface area contributed by atoms with Crippen LogP contribution in [0.2, 0.25) is 0 Å². The van der Waals surface area contributed by atoms with Gasteiger partial charge in [-0.05, 0) is 30.6 Å². The summed E-state index contributed by atoms with van der Waals surface area (Å²) in [7, 11) is 0. The van der Waals surface area contributed by atoms with Crippen molar-refractivity contribution < 1.29 is 0 Å². The zero-order valence-electron chi connectivity index (χ0n) is 12.2. The van der Waals surface area contributed by atoms with Gasteiger partial charge in [-0.15, -0.1) is 0 Å². The maximum absolute atomic E-state index is 4.51. The Morgan fingerprint density at radius 2 is 2.20 bits per heavy atom. The Morgan fingerprint density at radius 3 is 2.85 bits per heavy atom. The van der Waals surface area contributed by atoms with E-state index in [1.807, 2.05) is 0 Å². The van der Waals surface area contributed by atoms with E-state index in [9.17, 15) is 0 Å².